The van der Waals surface area contributed by atoms with Gasteiger partial charge in [0.05, 0.1) is 11.8 Å². The van der Waals surface area contributed by atoms with Crippen molar-refractivity contribution in [3.63, 3.8) is 0 Å². The Bertz CT molecular complexity index is 1940. The Morgan fingerprint density at radius 2 is 1.40 bits per heavy atom. The standard InChI is InChI=1S/C32H21F7N6O3/c33-17-8-4-14(5-9-17)12-16-2-1-3-19-26(16)41-45(28(19)15-6-10-18(34)11-7-15)20(46)13-43-30-27(40-42-43)31(47)44(32(30)48)29-24(38)22(36)21(35)23(37)25(29)39/h4-12,19,27-28,30H,1-3,13H2/b16-12+/t19-,27+,28+,30+/m0/s1. The summed E-state index contributed by atoms with van der Waals surface area (Å²) in [6, 6.07) is 7.06. The molecule has 2 fully saturated rings. The number of hydrogen-bond donors (Lipinski definition) is 0. The van der Waals surface area contributed by atoms with Crippen molar-refractivity contribution in [3.05, 3.63) is 106 Å². The minimum atomic E-state index is -2.47. The van der Waals surface area contributed by atoms with Crippen LogP contribution in [0.3, 0.4) is 0 Å². The lowest BCUT2D eigenvalue weighted by Gasteiger charge is -2.30. The number of allylic oxidation sites excluding steroid dienone is 1. The van der Waals surface area contributed by atoms with Crippen molar-refractivity contribution in [3.8, 4) is 0 Å². The Morgan fingerprint density at radius 3 is 2.04 bits per heavy atom. The number of fused-ring (bicyclic) bond motifs is 2. The van der Waals surface area contributed by atoms with Crippen LogP contribution in [0.4, 0.5) is 36.4 Å². The summed E-state index contributed by atoms with van der Waals surface area (Å²) in [4.78, 5) is 40.1. The number of carbonyl (C=O) groups is 3. The van der Waals surface area contributed by atoms with Crippen molar-refractivity contribution < 1.29 is 45.1 Å². The van der Waals surface area contributed by atoms with Crippen molar-refractivity contribution in [2.45, 2.75) is 37.4 Å². The van der Waals surface area contributed by atoms with E-state index in [-0.39, 0.29) is 10.8 Å². The van der Waals surface area contributed by atoms with Gasteiger partial charge in [0.2, 0.25) is 5.82 Å². The van der Waals surface area contributed by atoms with E-state index in [9.17, 15) is 45.1 Å². The summed E-state index contributed by atoms with van der Waals surface area (Å²) in [6.07, 6.45) is 3.74. The largest absolute Gasteiger partial charge is 0.271 e. The van der Waals surface area contributed by atoms with Gasteiger partial charge in [0.1, 0.15) is 23.9 Å². The van der Waals surface area contributed by atoms with Crippen LogP contribution in [0.2, 0.25) is 0 Å². The topological polar surface area (TPSA) is 98.0 Å². The second-order valence-electron chi connectivity index (χ2n) is 11.6. The van der Waals surface area contributed by atoms with Gasteiger partial charge in [-0.05, 0) is 66.3 Å². The van der Waals surface area contributed by atoms with Gasteiger partial charge in [0.25, 0.3) is 17.7 Å². The van der Waals surface area contributed by atoms with Crippen LogP contribution in [-0.4, -0.2) is 52.1 Å². The molecule has 3 amide bonds. The molecule has 4 aliphatic rings. The summed E-state index contributed by atoms with van der Waals surface area (Å²) in [5, 5.41) is 14.0. The summed E-state index contributed by atoms with van der Waals surface area (Å²) in [5.41, 5.74) is 0.838. The second kappa shape index (κ2) is 11.7. The first-order valence-electron chi connectivity index (χ1n) is 14.7. The number of hydrogen-bond acceptors (Lipinski definition) is 7. The summed E-state index contributed by atoms with van der Waals surface area (Å²) in [5.74, 6) is -16.8. The van der Waals surface area contributed by atoms with Gasteiger partial charge in [-0.25, -0.2) is 40.6 Å². The molecule has 7 rings (SSSR count). The number of hydrazone groups is 1. The third kappa shape index (κ3) is 4.93. The Kier molecular flexibility index (Phi) is 7.59. The maximum Gasteiger partial charge on any atom is 0.264 e. The second-order valence-corrected chi connectivity index (χ2v) is 11.6. The van der Waals surface area contributed by atoms with Gasteiger partial charge in [-0.2, -0.15) is 10.2 Å². The number of halogens is 7. The van der Waals surface area contributed by atoms with Crippen LogP contribution in [0.1, 0.15) is 36.4 Å². The van der Waals surface area contributed by atoms with Crippen LogP contribution in [0.5, 0.6) is 0 Å². The number of nitrogens with zero attached hydrogens (tertiary/aromatic N) is 6. The predicted molar refractivity (Wildman–Crippen MR) is 153 cm³/mol. The highest BCUT2D eigenvalue weighted by atomic mass is 19.2. The minimum absolute atomic E-state index is 0.181. The molecule has 0 radical (unpaired) electrons. The van der Waals surface area contributed by atoms with Crippen molar-refractivity contribution in [1.82, 2.24) is 10.0 Å². The molecule has 1 saturated heterocycles. The Morgan fingerprint density at radius 1 is 0.792 bits per heavy atom. The minimum Gasteiger partial charge on any atom is -0.271 e. The van der Waals surface area contributed by atoms with E-state index in [4.69, 9.17) is 0 Å². The number of benzene rings is 3. The van der Waals surface area contributed by atoms with E-state index < -0.39 is 88.8 Å². The Hall–Kier alpha value is -5.41. The highest BCUT2D eigenvalue weighted by molar-refractivity contribution is 6.25. The zero-order valence-electron chi connectivity index (χ0n) is 24.4. The molecule has 3 aliphatic heterocycles. The first-order chi connectivity index (χ1) is 23.0. The molecule has 9 nitrogen and oxygen atoms in total. The quantitative estimate of drug-likeness (QED) is 0.149. The first kappa shape index (κ1) is 31.2. The molecule has 16 heteroatoms. The fraction of sp³-hybridized carbons (Fsp3) is 0.250. The molecule has 0 spiro atoms. The first-order valence-corrected chi connectivity index (χ1v) is 14.7. The normalized spacial score (nSPS) is 24.1. The number of anilines is 1. The smallest absolute Gasteiger partial charge is 0.264 e. The van der Waals surface area contributed by atoms with Gasteiger partial charge in [-0.15, -0.1) is 0 Å². The Balaban J connectivity index is 1.20. The van der Waals surface area contributed by atoms with E-state index in [0.29, 0.717) is 36.1 Å². The summed E-state index contributed by atoms with van der Waals surface area (Å²) in [7, 11) is 0. The molecule has 1 saturated carbocycles. The van der Waals surface area contributed by atoms with Crippen molar-refractivity contribution >= 4 is 35.2 Å². The summed E-state index contributed by atoms with van der Waals surface area (Å²) >= 11 is 0. The maximum absolute atomic E-state index is 14.6. The van der Waals surface area contributed by atoms with Crippen LogP contribution in [0.25, 0.3) is 6.08 Å². The van der Waals surface area contributed by atoms with E-state index in [2.05, 4.69) is 15.4 Å². The van der Waals surface area contributed by atoms with Gasteiger partial charge < -0.3 is 0 Å². The van der Waals surface area contributed by atoms with E-state index in [0.717, 1.165) is 15.6 Å². The van der Waals surface area contributed by atoms with E-state index in [1.165, 1.54) is 36.4 Å². The molecular formula is C32H21F7N6O3. The number of imide groups is 1. The summed E-state index contributed by atoms with van der Waals surface area (Å²) in [6.45, 7) is -0.729. The third-order valence-electron chi connectivity index (χ3n) is 8.74. The van der Waals surface area contributed by atoms with E-state index >= 15 is 0 Å². The molecule has 246 valence electrons. The van der Waals surface area contributed by atoms with Gasteiger partial charge >= 0.3 is 0 Å². The molecule has 1 aliphatic carbocycles. The third-order valence-corrected chi connectivity index (χ3v) is 8.74. The molecule has 3 aromatic carbocycles. The number of amides is 3. The number of rotatable bonds is 5. The van der Waals surface area contributed by atoms with Crippen LogP contribution in [-0.2, 0) is 14.4 Å². The van der Waals surface area contributed by atoms with Crippen LogP contribution < -0.4 is 4.90 Å². The van der Waals surface area contributed by atoms with Gasteiger partial charge in [0, 0.05) is 5.92 Å². The van der Waals surface area contributed by atoms with Gasteiger partial charge in [-0.1, -0.05) is 29.5 Å². The van der Waals surface area contributed by atoms with Crippen molar-refractivity contribution in [2.75, 3.05) is 11.4 Å². The van der Waals surface area contributed by atoms with Crippen molar-refractivity contribution in [1.29, 1.82) is 0 Å². The van der Waals surface area contributed by atoms with E-state index in [1.807, 2.05) is 6.08 Å². The average Bonchev–Trinajstić information content (AvgIpc) is 3.74. The zero-order valence-corrected chi connectivity index (χ0v) is 24.4. The number of carbonyl (C=O) groups excluding carboxylic acids is 3. The molecule has 3 heterocycles. The average molecular weight is 671 g/mol. The fourth-order valence-corrected chi connectivity index (χ4v) is 6.54. The lowest BCUT2D eigenvalue weighted by Crippen LogP contribution is -2.45. The lowest BCUT2D eigenvalue weighted by atomic mass is 9.77. The van der Waals surface area contributed by atoms with Crippen LogP contribution >= 0.6 is 0 Å². The molecule has 0 unspecified atom stereocenters. The predicted octanol–water partition coefficient (Wildman–Crippen LogP) is 5.78. The summed E-state index contributed by atoms with van der Waals surface area (Å²) < 4.78 is 98.1. The monoisotopic (exact) mass is 670 g/mol. The van der Waals surface area contributed by atoms with Crippen LogP contribution in [0, 0.1) is 46.6 Å². The highest BCUT2D eigenvalue weighted by Gasteiger charge is 2.57. The molecule has 3 aromatic rings. The van der Waals surface area contributed by atoms with Gasteiger partial charge in [0.15, 0.2) is 35.4 Å². The molecule has 0 N–H and O–H groups in total. The van der Waals surface area contributed by atoms with E-state index in [1.54, 1.807) is 12.1 Å². The highest BCUT2D eigenvalue weighted by Crippen LogP contribution is 2.45. The van der Waals surface area contributed by atoms with Crippen LogP contribution in [0.15, 0.2) is 69.5 Å². The maximum atomic E-state index is 14.6. The molecule has 0 bridgehead atoms. The molecular weight excluding hydrogens is 649 g/mol. The fourth-order valence-electron chi connectivity index (χ4n) is 6.54. The Labute approximate surface area is 266 Å². The molecule has 48 heavy (non-hydrogen) atoms. The zero-order chi connectivity index (χ0) is 34.0. The molecule has 4 atom stereocenters. The molecule has 0 aromatic heterocycles. The van der Waals surface area contributed by atoms with Crippen molar-refractivity contribution in [2.24, 2.45) is 21.4 Å². The van der Waals surface area contributed by atoms with Gasteiger partial charge in [-0.3, -0.25) is 19.4 Å². The lowest BCUT2D eigenvalue weighted by molar-refractivity contribution is -0.136. The SMILES string of the molecule is O=C1[C@@H]2N=NN(CC(=O)N3N=C4/C(=C/c5ccc(F)cc5)CCC[C@@H]4[C@H]3c3ccc(F)cc3)[C@H]2C(=O)N1c1c(F)c(F)c(F)c(F)c1F.